The molecule has 66 valence electrons. The summed E-state index contributed by atoms with van der Waals surface area (Å²) in [6.45, 7) is 0.674. The van der Waals surface area contributed by atoms with E-state index in [1.165, 1.54) is 0 Å². The van der Waals surface area contributed by atoms with Crippen LogP contribution in [0.25, 0.3) is 0 Å². The summed E-state index contributed by atoms with van der Waals surface area (Å²) in [7, 11) is 0. The predicted octanol–water partition coefficient (Wildman–Crippen LogP) is -0.157. The summed E-state index contributed by atoms with van der Waals surface area (Å²) < 4.78 is 0. The number of hydrogen-bond donors (Lipinski definition) is 2. The second-order valence-electron chi connectivity index (χ2n) is 3.62. The minimum absolute atomic E-state index is 0.0221. The van der Waals surface area contributed by atoms with E-state index in [-0.39, 0.29) is 23.7 Å². The molecule has 0 aromatic carbocycles. The van der Waals surface area contributed by atoms with Gasteiger partial charge in [0, 0.05) is 12.5 Å². The van der Waals surface area contributed by atoms with E-state index in [1.807, 2.05) is 0 Å². The van der Waals surface area contributed by atoms with Gasteiger partial charge in [0.25, 0.3) is 0 Å². The van der Waals surface area contributed by atoms with Gasteiger partial charge in [-0.15, -0.1) is 0 Å². The van der Waals surface area contributed by atoms with Gasteiger partial charge in [-0.1, -0.05) is 0 Å². The maximum atomic E-state index is 11.1. The molecule has 1 aliphatic heterocycles. The van der Waals surface area contributed by atoms with Crippen molar-refractivity contribution < 1.29 is 14.7 Å². The molecule has 2 aliphatic rings. The van der Waals surface area contributed by atoms with Gasteiger partial charge in [-0.2, -0.15) is 0 Å². The van der Waals surface area contributed by atoms with Crippen LogP contribution in [-0.4, -0.2) is 23.5 Å². The summed E-state index contributed by atoms with van der Waals surface area (Å²) in [5.74, 6) is -0.739. The molecule has 0 aromatic rings. The standard InChI is InChI=1S/C8H11NO3/c10-7-6-2-4(8(11)12)1-5(6)3-9-7/h4-6H,1-3H2,(H,9,10)(H,11,12). The molecule has 4 nitrogen and oxygen atoms in total. The van der Waals surface area contributed by atoms with E-state index in [1.54, 1.807) is 0 Å². The fourth-order valence-corrected chi connectivity index (χ4v) is 2.24. The van der Waals surface area contributed by atoms with Crippen LogP contribution in [0.1, 0.15) is 12.8 Å². The molecule has 0 spiro atoms. The van der Waals surface area contributed by atoms with Gasteiger partial charge in [0.1, 0.15) is 0 Å². The molecule has 4 heteroatoms. The van der Waals surface area contributed by atoms with Gasteiger partial charge in [0.05, 0.1) is 5.92 Å². The van der Waals surface area contributed by atoms with Crippen molar-refractivity contribution in [3.8, 4) is 0 Å². The molecule has 12 heavy (non-hydrogen) atoms. The zero-order chi connectivity index (χ0) is 8.72. The molecule has 0 bridgehead atoms. The van der Waals surface area contributed by atoms with Crippen LogP contribution in [-0.2, 0) is 9.59 Å². The van der Waals surface area contributed by atoms with Crippen LogP contribution in [0.4, 0.5) is 0 Å². The van der Waals surface area contributed by atoms with Gasteiger partial charge >= 0.3 is 5.97 Å². The minimum Gasteiger partial charge on any atom is -0.481 e. The Morgan fingerprint density at radius 3 is 2.83 bits per heavy atom. The molecular weight excluding hydrogens is 158 g/mol. The van der Waals surface area contributed by atoms with Crippen molar-refractivity contribution in [1.82, 2.24) is 5.32 Å². The van der Waals surface area contributed by atoms with Crippen LogP contribution in [0.3, 0.4) is 0 Å². The van der Waals surface area contributed by atoms with Crippen molar-refractivity contribution in [2.75, 3.05) is 6.54 Å². The summed E-state index contributed by atoms with van der Waals surface area (Å²) in [5.41, 5.74) is 0. The van der Waals surface area contributed by atoms with Crippen LogP contribution in [0.15, 0.2) is 0 Å². The Labute approximate surface area is 69.9 Å². The predicted molar refractivity (Wildman–Crippen MR) is 40.3 cm³/mol. The number of carbonyl (C=O) groups excluding carboxylic acids is 1. The van der Waals surface area contributed by atoms with Crippen LogP contribution in [0.2, 0.25) is 0 Å². The summed E-state index contributed by atoms with van der Waals surface area (Å²) in [5, 5.41) is 11.5. The van der Waals surface area contributed by atoms with Gasteiger partial charge < -0.3 is 10.4 Å². The third kappa shape index (κ3) is 0.983. The molecule has 3 atom stereocenters. The fraction of sp³-hybridized carbons (Fsp3) is 0.750. The highest BCUT2D eigenvalue weighted by atomic mass is 16.4. The lowest BCUT2D eigenvalue weighted by molar-refractivity contribution is -0.141. The molecule has 2 fully saturated rings. The lowest BCUT2D eigenvalue weighted by atomic mass is 10.0. The minimum atomic E-state index is -0.753. The summed E-state index contributed by atoms with van der Waals surface area (Å²) >= 11 is 0. The van der Waals surface area contributed by atoms with E-state index < -0.39 is 5.97 Å². The van der Waals surface area contributed by atoms with E-state index in [9.17, 15) is 9.59 Å². The van der Waals surface area contributed by atoms with E-state index in [0.717, 1.165) is 0 Å². The molecule has 1 aliphatic carbocycles. The molecule has 1 heterocycles. The van der Waals surface area contributed by atoms with E-state index in [0.29, 0.717) is 19.4 Å². The van der Waals surface area contributed by atoms with Crippen LogP contribution in [0, 0.1) is 17.8 Å². The lowest BCUT2D eigenvalue weighted by Gasteiger charge is -2.03. The van der Waals surface area contributed by atoms with Gasteiger partial charge in [0.2, 0.25) is 5.91 Å². The molecule has 1 saturated heterocycles. The molecule has 0 radical (unpaired) electrons. The van der Waals surface area contributed by atoms with Gasteiger partial charge in [0.15, 0.2) is 0 Å². The first-order chi connectivity index (χ1) is 5.68. The quantitative estimate of drug-likeness (QED) is 0.573. The smallest absolute Gasteiger partial charge is 0.306 e. The topological polar surface area (TPSA) is 66.4 Å². The van der Waals surface area contributed by atoms with E-state index in [2.05, 4.69) is 5.32 Å². The second kappa shape index (κ2) is 2.47. The number of nitrogens with one attached hydrogen (secondary N) is 1. The Hall–Kier alpha value is -1.06. The van der Waals surface area contributed by atoms with Gasteiger partial charge in [-0.3, -0.25) is 9.59 Å². The molecular formula is C8H11NO3. The monoisotopic (exact) mass is 169 g/mol. The Bertz CT molecular complexity index is 238. The first-order valence-electron chi connectivity index (χ1n) is 4.19. The Morgan fingerprint density at radius 2 is 2.25 bits per heavy atom. The SMILES string of the molecule is O=C(O)C1CC2CNC(=O)C2C1. The first-order valence-corrected chi connectivity index (χ1v) is 4.19. The molecule has 2 N–H and O–H groups in total. The molecule has 1 amide bonds. The maximum Gasteiger partial charge on any atom is 0.306 e. The summed E-state index contributed by atoms with van der Waals surface area (Å²) in [4.78, 5) is 21.7. The lowest BCUT2D eigenvalue weighted by Crippen LogP contribution is -2.21. The number of rotatable bonds is 1. The number of carboxylic acids is 1. The third-order valence-electron chi connectivity index (χ3n) is 2.92. The molecule has 1 saturated carbocycles. The molecule has 2 rings (SSSR count). The van der Waals surface area contributed by atoms with Crippen LogP contribution < -0.4 is 5.32 Å². The molecule has 0 aromatic heterocycles. The largest absolute Gasteiger partial charge is 0.481 e. The van der Waals surface area contributed by atoms with Crippen molar-refractivity contribution in [2.45, 2.75) is 12.8 Å². The van der Waals surface area contributed by atoms with E-state index >= 15 is 0 Å². The van der Waals surface area contributed by atoms with Crippen molar-refractivity contribution >= 4 is 11.9 Å². The average Bonchev–Trinajstić information content (AvgIpc) is 2.53. The Balaban J connectivity index is 2.07. The molecule has 3 unspecified atom stereocenters. The second-order valence-corrected chi connectivity index (χ2v) is 3.62. The number of carbonyl (C=O) groups is 2. The van der Waals surface area contributed by atoms with Crippen molar-refractivity contribution in [1.29, 1.82) is 0 Å². The van der Waals surface area contributed by atoms with Gasteiger partial charge in [-0.05, 0) is 18.8 Å². The van der Waals surface area contributed by atoms with Crippen LogP contribution in [0.5, 0.6) is 0 Å². The van der Waals surface area contributed by atoms with E-state index in [4.69, 9.17) is 5.11 Å². The normalized spacial score (nSPS) is 39.3. The number of fused-ring (bicyclic) bond motifs is 1. The number of amides is 1. The van der Waals surface area contributed by atoms with Crippen molar-refractivity contribution in [3.05, 3.63) is 0 Å². The highest BCUT2D eigenvalue weighted by Crippen LogP contribution is 2.39. The van der Waals surface area contributed by atoms with Crippen molar-refractivity contribution in [3.63, 3.8) is 0 Å². The zero-order valence-electron chi connectivity index (χ0n) is 6.62. The number of carboxylic acid groups (broad SMARTS) is 1. The number of hydrogen-bond acceptors (Lipinski definition) is 2. The average molecular weight is 169 g/mol. The summed E-state index contributed by atoms with van der Waals surface area (Å²) in [6.07, 6.45) is 1.20. The maximum absolute atomic E-state index is 11.1. The van der Waals surface area contributed by atoms with Crippen molar-refractivity contribution in [2.24, 2.45) is 17.8 Å². The third-order valence-corrected chi connectivity index (χ3v) is 2.92. The Morgan fingerprint density at radius 1 is 1.50 bits per heavy atom. The summed E-state index contributed by atoms with van der Waals surface area (Å²) in [6, 6.07) is 0. The number of aliphatic carboxylic acids is 1. The fourth-order valence-electron chi connectivity index (χ4n) is 2.24. The van der Waals surface area contributed by atoms with Gasteiger partial charge in [-0.25, -0.2) is 0 Å². The Kier molecular flexibility index (Phi) is 1.56. The first kappa shape index (κ1) is 7.58. The highest BCUT2D eigenvalue weighted by molar-refractivity contribution is 5.83. The zero-order valence-corrected chi connectivity index (χ0v) is 6.62. The van der Waals surface area contributed by atoms with Crippen LogP contribution >= 0.6 is 0 Å². The highest BCUT2D eigenvalue weighted by Gasteiger charge is 2.45.